The molecule has 0 aliphatic carbocycles. The molecule has 11 heteroatoms. The molecule has 0 fully saturated rings. The molecule has 1 unspecified atom stereocenters. The van der Waals surface area contributed by atoms with Gasteiger partial charge in [-0.15, -0.1) is 0 Å². The van der Waals surface area contributed by atoms with Crippen LogP contribution in [0.5, 0.6) is 0 Å². The predicted octanol–water partition coefficient (Wildman–Crippen LogP) is 1.97. The van der Waals surface area contributed by atoms with Crippen molar-refractivity contribution in [3.05, 3.63) is 68.3 Å². The highest BCUT2D eigenvalue weighted by molar-refractivity contribution is 7.92. The topological polar surface area (TPSA) is 150 Å². The number of nitrogens with zero attached hydrogens (tertiary/aromatic N) is 2. The van der Waals surface area contributed by atoms with Crippen LogP contribution < -0.4 is 5.32 Å². The Balaban J connectivity index is 2.31. The number of anilines is 1. The number of hydrogen-bond donors (Lipinski definition) is 1. The molecule has 1 aliphatic heterocycles. The zero-order valence-corrected chi connectivity index (χ0v) is 13.1. The summed E-state index contributed by atoms with van der Waals surface area (Å²) in [6, 6.07) is 8.84. The lowest BCUT2D eigenvalue weighted by Gasteiger charge is -2.24. The second-order valence-electron chi connectivity index (χ2n) is 5.18. The molecule has 1 atom stereocenters. The molecule has 0 bridgehead atoms. The van der Waals surface area contributed by atoms with Gasteiger partial charge >= 0.3 is 5.69 Å². The van der Waals surface area contributed by atoms with Gasteiger partial charge in [0.2, 0.25) is 5.91 Å². The maximum atomic E-state index is 12.9. The quantitative estimate of drug-likeness (QED) is 0.647. The van der Waals surface area contributed by atoms with E-state index in [0.717, 1.165) is 0 Å². The smallest absolute Gasteiger partial charge is 0.300 e. The Morgan fingerprint density at radius 3 is 2.20 bits per heavy atom. The average Bonchev–Trinajstić information content (AvgIpc) is 2.54. The summed E-state index contributed by atoms with van der Waals surface area (Å²) in [4.78, 5) is 31.9. The normalized spacial score (nSPS) is 18.1. The van der Waals surface area contributed by atoms with E-state index in [1.54, 1.807) is 6.07 Å². The molecule has 2 aromatic carbocycles. The summed E-state index contributed by atoms with van der Waals surface area (Å²) in [6.07, 6.45) is 0. The van der Waals surface area contributed by atoms with Gasteiger partial charge in [-0.3, -0.25) is 25.0 Å². The molecule has 0 saturated heterocycles. The molecule has 10 nitrogen and oxygen atoms in total. The van der Waals surface area contributed by atoms with Gasteiger partial charge in [-0.1, -0.05) is 30.3 Å². The first-order valence-electron chi connectivity index (χ1n) is 6.80. The highest BCUT2D eigenvalue weighted by Gasteiger charge is 2.45. The number of nitrogens with one attached hydrogen (secondary N) is 1. The SMILES string of the molecule is O=C1Nc2c([N+](=O)[O-])cc([N+](=O)[O-])cc2S(=O)(=O)C1c1ccccc1. The van der Waals surface area contributed by atoms with Gasteiger partial charge in [-0.05, 0) is 5.56 Å². The van der Waals surface area contributed by atoms with E-state index in [2.05, 4.69) is 5.32 Å². The number of nitro benzene ring substituents is 2. The van der Waals surface area contributed by atoms with Crippen molar-refractivity contribution in [1.82, 2.24) is 0 Å². The summed E-state index contributed by atoms with van der Waals surface area (Å²) in [5.41, 5.74) is -2.02. The minimum absolute atomic E-state index is 0.153. The third-order valence-electron chi connectivity index (χ3n) is 3.68. The minimum atomic E-state index is -4.42. The maximum absolute atomic E-state index is 12.9. The number of fused-ring (bicyclic) bond motifs is 1. The van der Waals surface area contributed by atoms with Crippen molar-refractivity contribution in [2.75, 3.05) is 5.32 Å². The van der Waals surface area contributed by atoms with E-state index in [0.29, 0.717) is 12.1 Å². The van der Waals surface area contributed by atoms with Crippen LogP contribution in [0, 0.1) is 20.2 Å². The molecular weight excluding hydrogens is 354 g/mol. The predicted molar refractivity (Wildman–Crippen MR) is 84.7 cm³/mol. The second-order valence-corrected chi connectivity index (χ2v) is 7.18. The van der Waals surface area contributed by atoms with E-state index in [9.17, 15) is 33.4 Å². The van der Waals surface area contributed by atoms with Crippen LogP contribution in [-0.4, -0.2) is 24.2 Å². The van der Waals surface area contributed by atoms with Crippen LogP contribution in [0.25, 0.3) is 0 Å². The number of amides is 1. The van der Waals surface area contributed by atoms with Crippen LogP contribution in [0.3, 0.4) is 0 Å². The summed E-state index contributed by atoms with van der Waals surface area (Å²) in [6.45, 7) is 0. The Labute approximate surface area is 140 Å². The van der Waals surface area contributed by atoms with E-state index in [-0.39, 0.29) is 5.56 Å². The van der Waals surface area contributed by atoms with Crippen LogP contribution in [-0.2, 0) is 14.6 Å². The molecule has 25 heavy (non-hydrogen) atoms. The van der Waals surface area contributed by atoms with Gasteiger partial charge in [0.05, 0.1) is 15.9 Å². The van der Waals surface area contributed by atoms with Gasteiger partial charge < -0.3 is 5.32 Å². The molecule has 0 spiro atoms. The third kappa shape index (κ3) is 2.59. The number of rotatable bonds is 3. The Kier molecular flexibility index (Phi) is 3.72. The standard InChI is InChI=1S/C14H9N3O7S/c18-14-13(8-4-2-1-3-5-8)25(23,24)11-7-9(16(19)20)6-10(17(21)22)12(11)15-14/h1-7,13H,(H,15,18). The molecular formula is C14H9N3O7S. The number of hydrogen-bond acceptors (Lipinski definition) is 7. The van der Waals surface area contributed by atoms with Crippen molar-refractivity contribution in [3.8, 4) is 0 Å². The van der Waals surface area contributed by atoms with Gasteiger partial charge in [-0.25, -0.2) is 8.42 Å². The highest BCUT2D eigenvalue weighted by atomic mass is 32.2. The summed E-state index contributed by atoms with van der Waals surface area (Å²) >= 11 is 0. The summed E-state index contributed by atoms with van der Waals surface area (Å²) in [5.74, 6) is -0.962. The lowest BCUT2D eigenvalue weighted by molar-refractivity contribution is -0.393. The Hall–Kier alpha value is -3.34. The minimum Gasteiger partial charge on any atom is -0.318 e. The number of sulfone groups is 1. The van der Waals surface area contributed by atoms with Crippen LogP contribution in [0.4, 0.5) is 17.1 Å². The van der Waals surface area contributed by atoms with E-state index in [4.69, 9.17) is 0 Å². The number of benzene rings is 2. The number of nitro groups is 2. The van der Waals surface area contributed by atoms with Crippen LogP contribution in [0.1, 0.15) is 10.8 Å². The molecule has 2 aromatic rings. The molecule has 3 rings (SSSR count). The zero-order chi connectivity index (χ0) is 18.4. The lowest BCUT2D eigenvalue weighted by Crippen LogP contribution is -2.33. The Morgan fingerprint density at radius 1 is 1.00 bits per heavy atom. The van der Waals surface area contributed by atoms with Crippen LogP contribution in [0.15, 0.2) is 47.4 Å². The average molecular weight is 363 g/mol. The van der Waals surface area contributed by atoms with Gasteiger partial charge in [0.1, 0.15) is 10.6 Å². The number of non-ortho nitro benzene ring substituents is 1. The van der Waals surface area contributed by atoms with Gasteiger partial charge in [0.25, 0.3) is 5.69 Å². The summed E-state index contributed by atoms with van der Waals surface area (Å²) in [5, 5.41) is 22.7. The van der Waals surface area contributed by atoms with E-state index < -0.39 is 52.8 Å². The molecule has 0 aromatic heterocycles. The van der Waals surface area contributed by atoms with Crippen molar-refractivity contribution < 1.29 is 23.1 Å². The van der Waals surface area contributed by atoms with E-state index >= 15 is 0 Å². The Morgan fingerprint density at radius 2 is 1.64 bits per heavy atom. The zero-order valence-electron chi connectivity index (χ0n) is 12.3. The van der Waals surface area contributed by atoms with Crippen molar-refractivity contribution in [1.29, 1.82) is 0 Å². The largest absolute Gasteiger partial charge is 0.318 e. The maximum Gasteiger partial charge on any atom is 0.300 e. The van der Waals surface area contributed by atoms with Crippen LogP contribution >= 0.6 is 0 Å². The highest BCUT2D eigenvalue weighted by Crippen LogP contribution is 2.44. The molecule has 128 valence electrons. The summed E-state index contributed by atoms with van der Waals surface area (Å²) < 4.78 is 25.7. The first-order chi connectivity index (χ1) is 11.7. The fraction of sp³-hybridized carbons (Fsp3) is 0.0714. The van der Waals surface area contributed by atoms with Gasteiger partial charge in [-0.2, -0.15) is 0 Å². The Bertz CT molecular complexity index is 1020. The molecule has 1 aliphatic rings. The van der Waals surface area contributed by atoms with Crippen molar-refractivity contribution in [3.63, 3.8) is 0 Å². The third-order valence-corrected chi connectivity index (χ3v) is 5.72. The first kappa shape index (κ1) is 16.5. The van der Waals surface area contributed by atoms with Crippen molar-refractivity contribution in [2.45, 2.75) is 10.1 Å². The van der Waals surface area contributed by atoms with E-state index in [1.165, 1.54) is 24.3 Å². The molecule has 1 amide bonds. The lowest BCUT2D eigenvalue weighted by atomic mass is 10.1. The first-order valence-corrected chi connectivity index (χ1v) is 8.34. The fourth-order valence-corrected chi connectivity index (χ4v) is 4.44. The molecule has 1 N–H and O–H groups in total. The second kappa shape index (κ2) is 5.63. The molecule has 1 heterocycles. The van der Waals surface area contributed by atoms with Crippen molar-refractivity contribution >= 4 is 32.8 Å². The van der Waals surface area contributed by atoms with Crippen molar-refractivity contribution in [2.24, 2.45) is 0 Å². The molecule has 0 saturated carbocycles. The monoisotopic (exact) mass is 363 g/mol. The summed E-state index contributed by atoms with van der Waals surface area (Å²) in [7, 11) is -4.42. The van der Waals surface area contributed by atoms with Gasteiger partial charge in [0, 0.05) is 6.07 Å². The van der Waals surface area contributed by atoms with Crippen LogP contribution in [0.2, 0.25) is 0 Å². The number of carbonyl (C=O) groups is 1. The van der Waals surface area contributed by atoms with E-state index in [1.807, 2.05) is 0 Å². The fourth-order valence-electron chi connectivity index (χ4n) is 2.60. The van der Waals surface area contributed by atoms with Gasteiger partial charge in [0.15, 0.2) is 15.1 Å². The number of carbonyl (C=O) groups excluding carboxylic acids is 1. The molecule has 0 radical (unpaired) electrons.